The fourth-order valence-electron chi connectivity index (χ4n) is 1.37. The van der Waals surface area contributed by atoms with E-state index >= 15 is 0 Å². The van der Waals surface area contributed by atoms with E-state index in [2.05, 4.69) is 22.1 Å². The van der Waals surface area contributed by atoms with Crippen LogP contribution in [0.4, 0.5) is 5.13 Å². The zero-order valence-corrected chi connectivity index (χ0v) is 12.2. The van der Waals surface area contributed by atoms with Crippen molar-refractivity contribution in [3.63, 3.8) is 0 Å². The third-order valence-electron chi connectivity index (χ3n) is 2.43. The zero-order chi connectivity index (χ0) is 13.8. The maximum absolute atomic E-state index is 12.0. The van der Waals surface area contributed by atoms with Crippen LogP contribution < -0.4 is 11.1 Å². The summed E-state index contributed by atoms with van der Waals surface area (Å²) in [5.74, 6) is 5.50. The Hall–Kier alpha value is -1.68. The van der Waals surface area contributed by atoms with Crippen LogP contribution in [0.2, 0.25) is 0 Å². The van der Waals surface area contributed by atoms with E-state index in [9.17, 15) is 4.79 Å². The molecule has 3 N–H and O–H groups in total. The first-order valence-corrected chi connectivity index (χ1v) is 7.26. The normalized spacial score (nSPS) is 9.84. The molecule has 0 saturated carbocycles. The second kappa shape index (κ2) is 5.97. The van der Waals surface area contributed by atoms with Crippen molar-refractivity contribution in [2.45, 2.75) is 13.8 Å². The number of aromatic nitrogens is 1. The first-order valence-electron chi connectivity index (χ1n) is 5.63. The van der Waals surface area contributed by atoms with E-state index in [4.69, 9.17) is 5.73 Å². The molecule has 0 radical (unpaired) electrons. The summed E-state index contributed by atoms with van der Waals surface area (Å²) in [5.41, 5.74) is 6.43. The Bertz CT molecular complexity index is 641. The number of amides is 1. The SMILES string of the molecule is Cc1cc(C(=O)Nc2ncc(C#CCN)s2)sc1C. The lowest BCUT2D eigenvalue weighted by Crippen LogP contribution is -2.09. The Kier molecular flexibility index (Phi) is 4.32. The summed E-state index contributed by atoms with van der Waals surface area (Å²) in [6, 6.07) is 1.89. The molecule has 6 heteroatoms. The molecule has 1 amide bonds. The van der Waals surface area contributed by atoms with Crippen LogP contribution in [-0.4, -0.2) is 17.4 Å². The lowest BCUT2D eigenvalue weighted by Gasteiger charge is -1.97. The number of hydrogen-bond acceptors (Lipinski definition) is 5. The van der Waals surface area contributed by atoms with Crippen LogP contribution >= 0.6 is 22.7 Å². The van der Waals surface area contributed by atoms with Gasteiger partial charge in [0.1, 0.15) is 0 Å². The molecule has 0 saturated heterocycles. The van der Waals surface area contributed by atoms with Crippen LogP contribution in [0.1, 0.15) is 25.0 Å². The van der Waals surface area contributed by atoms with Gasteiger partial charge in [-0.05, 0) is 25.5 Å². The Morgan fingerprint density at radius 1 is 1.47 bits per heavy atom. The van der Waals surface area contributed by atoms with Gasteiger partial charge in [0.25, 0.3) is 5.91 Å². The van der Waals surface area contributed by atoms with Gasteiger partial charge in [0, 0.05) is 4.88 Å². The number of nitrogens with zero attached hydrogens (tertiary/aromatic N) is 1. The number of thiazole rings is 1. The number of rotatable bonds is 2. The van der Waals surface area contributed by atoms with Crippen molar-refractivity contribution in [3.05, 3.63) is 32.5 Å². The molecule has 0 aliphatic heterocycles. The number of thiophene rings is 1. The fourth-order valence-corrected chi connectivity index (χ4v) is 2.99. The molecule has 0 aliphatic carbocycles. The van der Waals surface area contributed by atoms with Crippen molar-refractivity contribution in [1.29, 1.82) is 0 Å². The monoisotopic (exact) mass is 291 g/mol. The van der Waals surface area contributed by atoms with E-state index in [-0.39, 0.29) is 5.91 Å². The summed E-state index contributed by atoms with van der Waals surface area (Å²) in [6.07, 6.45) is 1.63. The first-order chi connectivity index (χ1) is 9.10. The van der Waals surface area contributed by atoms with Gasteiger partial charge in [-0.1, -0.05) is 23.2 Å². The quantitative estimate of drug-likeness (QED) is 0.835. The van der Waals surface area contributed by atoms with Crippen molar-refractivity contribution < 1.29 is 4.79 Å². The summed E-state index contributed by atoms with van der Waals surface area (Å²) < 4.78 is 0. The maximum atomic E-state index is 12.0. The molecule has 2 rings (SSSR count). The van der Waals surface area contributed by atoms with Gasteiger partial charge >= 0.3 is 0 Å². The summed E-state index contributed by atoms with van der Waals surface area (Å²) in [7, 11) is 0. The number of carbonyl (C=O) groups excluding carboxylic acids is 1. The van der Waals surface area contributed by atoms with E-state index < -0.39 is 0 Å². The van der Waals surface area contributed by atoms with Crippen LogP contribution in [0.5, 0.6) is 0 Å². The molecule has 0 spiro atoms. The van der Waals surface area contributed by atoms with Crippen LogP contribution in [0.15, 0.2) is 12.3 Å². The highest BCUT2D eigenvalue weighted by molar-refractivity contribution is 7.16. The van der Waals surface area contributed by atoms with Gasteiger partial charge in [-0.3, -0.25) is 10.1 Å². The van der Waals surface area contributed by atoms with Gasteiger partial charge in [-0.25, -0.2) is 4.98 Å². The predicted octanol–water partition coefficient (Wildman–Crippen LogP) is 2.38. The fraction of sp³-hybridized carbons (Fsp3) is 0.231. The lowest BCUT2D eigenvalue weighted by molar-refractivity contribution is 0.103. The molecule has 0 aliphatic rings. The molecule has 0 bridgehead atoms. The molecule has 2 heterocycles. The number of nitrogens with one attached hydrogen (secondary N) is 1. The molecule has 0 unspecified atom stereocenters. The average molecular weight is 291 g/mol. The van der Waals surface area contributed by atoms with E-state index in [1.54, 1.807) is 6.20 Å². The molecular weight excluding hydrogens is 278 g/mol. The molecule has 0 atom stereocenters. The van der Waals surface area contributed by atoms with E-state index in [1.165, 1.54) is 22.7 Å². The largest absolute Gasteiger partial charge is 0.320 e. The Morgan fingerprint density at radius 3 is 2.89 bits per heavy atom. The van der Waals surface area contributed by atoms with E-state index in [0.29, 0.717) is 16.6 Å². The van der Waals surface area contributed by atoms with Crippen LogP contribution in [0, 0.1) is 25.7 Å². The topological polar surface area (TPSA) is 68.0 Å². The second-order valence-corrected chi connectivity index (χ2v) is 6.13. The Balaban J connectivity index is 2.08. The third kappa shape index (κ3) is 3.41. The molecule has 4 nitrogen and oxygen atoms in total. The van der Waals surface area contributed by atoms with Crippen molar-refractivity contribution in [3.8, 4) is 11.8 Å². The molecular formula is C13H13N3OS2. The summed E-state index contributed by atoms with van der Waals surface area (Å²) in [5, 5.41) is 3.33. The molecule has 0 fully saturated rings. The zero-order valence-electron chi connectivity index (χ0n) is 10.6. The number of carbonyl (C=O) groups is 1. The Morgan fingerprint density at radius 2 is 2.26 bits per heavy atom. The van der Waals surface area contributed by atoms with Crippen molar-refractivity contribution in [2.75, 3.05) is 11.9 Å². The highest BCUT2D eigenvalue weighted by Crippen LogP contribution is 2.23. The molecule has 19 heavy (non-hydrogen) atoms. The summed E-state index contributed by atoms with van der Waals surface area (Å²) >= 11 is 2.82. The minimum atomic E-state index is -0.131. The number of anilines is 1. The van der Waals surface area contributed by atoms with Crippen LogP contribution in [-0.2, 0) is 0 Å². The molecule has 2 aromatic heterocycles. The first kappa shape index (κ1) is 13.7. The van der Waals surface area contributed by atoms with Gasteiger partial charge in [-0.2, -0.15) is 0 Å². The standard InChI is InChI=1S/C13H13N3OS2/c1-8-6-11(18-9(8)2)12(17)16-13-15-7-10(19-13)4-3-5-14/h6-7H,5,14H2,1-2H3,(H,15,16,17). The minimum absolute atomic E-state index is 0.131. The van der Waals surface area contributed by atoms with Gasteiger partial charge < -0.3 is 5.73 Å². The summed E-state index contributed by atoms with van der Waals surface area (Å²) in [4.78, 5) is 18.8. The third-order valence-corrected chi connectivity index (χ3v) is 4.41. The molecule has 0 aromatic carbocycles. The molecule has 98 valence electrons. The number of aryl methyl sites for hydroxylation is 2. The van der Waals surface area contributed by atoms with Crippen molar-refractivity contribution >= 4 is 33.7 Å². The predicted molar refractivity (Wildman–Crippen MR) is 79.8 cm³/mol. The van der Waals surface area contributed by atoms with Gasteiger partial charge in [0.2, 0.25) is 0 Å². The lowest BCUT2D eigenvalue weighted by atomic mass is 10.3. The van der Waals surface area contributed by atoms with Crippen molar-refractivity contribution in [2.24, 2.45) is 5.73 Å². The minimum Gasteiger partial charge on any atom is -0.320 e. The second-order valence-electron chi connectivity index (χ2n) is 3.84. The van der Waals surface area contributed by atoms with Crippen molar-refractivity contribution in [1.82, 2.24) is 4.98 Å². The maximum Gasteiger partial charge on any atom is 0.267 e. The van der Waals surface area contributed by atoms with Gasteiger partial charge in [0.15, 0.2) is 5.13 Å². The Labute approximate surface area is 119 Å². The average Bonchev–Trinajstić information content (AvgIpc) is 2.95. The number of nitrogens with two attached hydrogens (primary N) is 1. The number of hydrogen-bond donors (Lipinski definition) is 2. The van der Waals surface area contributed by atoms with E-state index in [0.717, 1.165) is 15.3 Å². The van der Waals surface area contributed by atoms with Crippen LogP contribution in [0.25, 0.3) is 0 Å². The highest BCUT2D eigenvalue weighted by atomic mass is 32.1. The van der Waals surface area contributed by atoms with Crippen LogP contribution in [0.3, 0.4) is 0 Å². The summed E-state index contributed by atoms with van der Waals surface area (Å²) in [6.45, 7) is 4.31. The highest BCUT2D eigenvalue weighted by Gasteiger charge is 2.12. The smallest absolute Gasteiger partial charge is 0.267 e. The van der Waals surface area contributed by atoms with Gasteiger partial charge in [-0.15, -0.1) is 11.3 Å². The van der Waals surface area contributed by atoms with Gasteiger partial charge in [0.05, 0.1) is 22.5 Å². The molecule has 2 aromatic rings. The van der Waals surface area contributed by atoms with E-state index in [1.807, 2.05) is 19.9 Å².